The summed E-state index contributed by atoms with van der Waals surface area (Å²) in [6.07, 6.45) is 0. The van der Waals surface area contributed by atoms with Gasteiger partial charge in [0.05, 0.1) is 5.02 Å². The molecule has 0 saturated heterocycles. The van der Waals surface area contributed by atoms with E-state index in [-0.39, 0.29) is 36.2 Å². The van der Waals surface area contributed by atoms with Crippen LogP contribution in [0, 0.1) is 0 Å². The Kier molecular flexibility index (Phi) is 3.19. The summed E-state index contributed by atoms with van der Waals surface area (Å²) in [7, 11) is 0. The van der Waals surface area contributed by atoms with E-state index in [9.17, 15) is 0 Å². The minimum absolute atomic E-state index is 0.0434. The van der Waals surface area contributed by atoms with E-state index in [2.05, 4.69) is 4.98 Å². The van der Waals surface area contributed by atoms with E-state index >= 15 is 0 Å². The molecule has 0 amide bonds. The van der Waals surface area contributed by atoms with Crippen molar-refractivity contribution in [3.63, 3.8) is 0 Å². The van der Waals surface area contributed by atoms with Crippen molar-refractivity contribution in [3.05, 3.63) is 30.5 Å². The zero-order valence-corrected chi connectivity index (χ0v) is 11.2. The second-order valence-corrected chi connectivity index (χ2v) is 4.79. The Balaban J connectivity index is 3.06. The highest BCUT2D eigenvalue weighted by molar-refractivity contribution is 6.51. The van der Waals surface area contributed by atoms with Crippen molar-refractivity contribution in [1.82, 2.24) is 9.38 Å². The van der Waals surface area contributed by atoms with Gasteiger partial charge in [-0.15, -0.1) is 0 Å². The quantitative estimate of drug-likeness (QED) is 0.605. The van der Waals surface area contributed by atoms with E-state index in [1.807, 2.05) is 0 Å². The Hall–Kier alpha value is 0.430. The molecule has 0 spiro atoms. The van der Waals surface area contributed by atoms with E-state index in [1.165, 1.54) is 4.40 Å². The van der Waals surface area contributed by atoms with Gasteiger partial charge in [-0.1, -0.05) is 69.6 Å². The van der Waals surface area contributed by atoms with Crippen molar-refractivity contribution < 1.29 is 0 Å². The molecule has 0 unspecified atom stereocenters. The topological polar surface area (TPSA) is 17.3 Å². The molecule has 0 bridgehead atoms. The number of nitrogens with zero attached hydrogens (tertiary/aromatic N) is 2. The van der Waals surface area contributed by atoms with E-state index in [0.29, 0.717) is 0 Å². The Morgan fingerprint density at radius 3 is 1.87 bits per heavy atom. The Morgan fingerprint density at radius 1 is 0.733 bits per heavy atom. The van der Waals surface area contributed by atoms with Crippen molar-refractivity contribution in [3.8, 4) is 0 Å². The van der Waals surface area contributed by atoms with Crippen molar-refractivity contribution in [1.29, 1.82) is 0 Å². The smallest absolute Gasteiger partial charge is 0.161 e. The summed E-state index contributed by atoms with van der Waals surface area (Å²) in [4.78, 5) is 3.93. The molecule has 0 saturated carbocycles. The summed E-state index contributed by atoms with van der Waals surface area (Å²) in [5.74, 6) is 0. The molecule has 8 heteroatoms. The van der Waals surface area contributed by atoms with Crippen LogP contribution in [0.3, 0.4) is 0 Å². The van der Waals surface area contributed by atoms with Gasteiger partial charge in [0.25, 0.3) is 0 Å². The highest BCUT2D eigenvalue weighted by Gasteiger charge is 2.20. The lowest BCUT2D eigenvalue weighted by Gasteiger charge is -2.03. The number of hydrogen-bond donors (Lipinski definition) is 0. The van der Waals surface area contributed by atoms with Crippen LogP contribution in [0.4, 0.5) is 0 Å². The SMILES string of the molecule is Clc1nc2c(Cl)c(Cl)c(Cl)n2c(Cl)c1Cl. The molecule has 0 N–H and O–H groups in total. The first-order chi connectivity index (χ1) is 6.95. The summed E-state index contributed by atoms with van der Waals surface area (Å²) in [6.45, 7) is 0. The molecule has 0 aromatic carbocycles. The van der Waals surface area contributed by atoms with Crippen LogP contribution in [0.25, 0.3) is 5.65 Å². The van der Waals surface area contributed by atoms with Crippen molar-refractivity contribution in [2.24, 2.45) is 0 Å². The van der Waals surface area contributed by atoms with Crippen LogP contribution in [0.5, 0.6) is 0 Å². The molecule has 0 aliphatic rings. The fourth-order valence-corrected chi connectivity index (χ4v) is 2.42. The largest absolute Gasteiger partial charge is 0.270 e. The normalized spacial score (nSPS) is 11.3. The molecular formula is C7Cl6N2. The third kappa shape index (κ3) is 1.68. The molecule has 2 nitrogen and oxygen atoms in total. The molecule has 80 valence electrons. The molecule has 15 heavy (non-hydrogen) atoms. The van der Waals surface area contributed by atoms with Crippen LogP contribution < -0.4 is 0 Å². The van der Waals surface area contributed by atoms with E-state index in [0.717, 1.165) is 0 Å². The Bertz CT molecular complexity index is 561. The van der Waals surface area contributed by atoms with E-state index < -0.39 is 0 Å². The monoisotopic (exact) mass is 322 g/mol. The van der Waals surface area contributed by atoms with Gasteiger partial charge >= 0.3 is 0 Å². The lowest BCUT2D eigenvalue weighted by Crippen LogP contribution is -1.92. The molecule has 0 radical (unpaired) electrons. The maximum Gasteiger partial charge on any atom is 0.161 e. The molecule has 0 aliphatic carbocycles. The number of fused-ring (bicyclic) bond motifs is 1. The maximum atomic E-state index is 5.93. The van der Waals surface area contributed by atoms with Crippen molar-refractivity contribution >= 4 is 75.3 Å². The van der Waals surface area contributed by atoms with Gasteiger partial charge in [0.2, 0.25) is 0 Å². The van der Waals surface area contributed by atoms with Crippen LogP contribution in [-0.2, 0) is 0 Å². The number of aromatic nitrogens is 2. The van der Waals surface area contributed by atoms with Crippen LogP contribution >= 0.6 is 69.6 Å². The van der Waals surface area contributed by atoms with Crippen molar-refractivity contribution in [2.75, 3.05) is 0 Å². The van der Waals surface area contributed by atoms with Crippen LogP contribution in [0.2, 0.25) is 30.5 Å². The summed E-state index contributed by atoms with van der Waals surface area (Å²) < 4.78 is 1.32. The number of halogens is 6. The fourth-order valence-electron chi connectivity index (χ4n) is 1.08. The third-order valence-corrected chi connectivity index (χ3v) is 4.20. The predicted molar refractivity (Wildman–Crippen MR) is 65.3 cm³/mol. The van der Waals surface area contributed by atoms with Gasteiger partial charge in [-0.25, -0.2) is 4.98 Å². The number of rotatable bonds is 0. The Morgan fingerprint density at radius 2 is 1.27 bits per heavy atom. The van der Waals surface area contributed by atoms with E-state index in [1.54, 1.807) is 0 Å². The Labute approximate surface area is 115 Å². The molecule has 2 rings (SSSR count). The molecule has 0 aliphatic heterocycles. The maximum absolute atomic E-state index is 5.93. The summed E-state index contributed by atoms with van der Waals surface area (Å²) in [5.41, 5.74) is 0.270. The van der Waals surface area contributed by atoms with Gasteiger partial charge in [-0.05, 0) is 0 Å². The lowest BCUT2D eigenvalue weighted by molar-refractivity contribution is 1.13. The molecule has 2 heterocycles. The molecular weight excluding hydrogens is 325 g/mol. The molecule has 2 aromatic rings. The minimum Gasteiger partial charge on any atom is -0.270 e. The summed E-state index contributed by atoms with van der Waals surface area (Å²) in [6, 6.07) is 0. The van der Waals surface area contributed by atoms with Gasteiger partial charge in [-0.2, -0.15) is 0 Å². The number of hydrogen-bond acceptors (Lipinski definition) is 1. The zero-order valence-electron chi connectivity index (χ0n) is 6.66. The predicted octanol–water partition coefficient (Wildman–Crippen LogP) is 5.25. The van der Waals surface area contributed by atoms with Crippen LogP contribution in [0.15, 0.2) is 0 Å². The van der Waals surface area contributed by atoms with Gasteiger partial charge in [0.15, 0.2) is 10.8 Å². The second kappa shape index (κ2) is 4.02. The first kappa shape index (κ1) is 11.9. The average molecular weight is 325 g/mol. The standard InChI is InChI=1S/C7Cl6N2/c8-1-2(9)7-14-4(11)3(10)6(13)15(7)5(1)12. The summed E-state index contributed by atoms with van der Waals surface area (Å²) in [5, 5.41) is 0.740. The van der Waals surface area contributed by atoms with Gasteiger partial charge in [-0.3, -0.25) is 4.40 Å². The minimum atomic E-state index is 0.0434. The molecule has 2 aromatic heterocycles. The van der Waals surface area contributed by atoms with Crippen molar-refractivity contribution in [2.45, 2.75) is 0 Å². The lowest BCUT2D eigenvalue weighted by atomic mass is 10.6. The van der Waals surface area contributed by atoms with Crippen LogP contribution in [-0.4, -0.2) is 9.38 Å². The van der Waals surface area contributed by atoms with Crippen LogP contribution in [0.1, 0.15) is 0 Å². The summed E-state index contributed by atoms with van der Waals surface area (Å²) >= 11 is 35.1. The fraction of sp³-hybridized carbons (Fsp3) is 0. The van der Waals surface area contributed by atoms with Gasteiger partial charge in [0.1, 0.15) is 20.4 Å². The van der Waals surface area contributed by atoms with Gasteiger partial charge in [0, 0.05) is 0 Å². The first-order valence-electron chi connectivity index (χ1n) is 3.50. The first-order valence-corrected chi connectivity index (χ1v) is 5.77. The highest BCUT2D eigenvalue weighted by Crippen LogP contribution is 2.40. The van der Waals surface area contributed by atoms with E-state index in [4.69, 9.17) is 69.6 Å². The zero-order chi connectivity index (χ0) is 11.3. The second-order valence-electron chi connectivity index (χ2n) is 2.59. The molecule has 0 atom stereocenters. The average Bonchev–Trinajstić information content (AvgIpc) is 2.40. The highest BCUT2D eigenvalue weighted by atomic mass is 35.5. The third-order valence-electron chi connectivity index (χ3n) is 1.74. The van der Waals surface area contributed by atoms with Gasteiger partial charge < -0.3 is 0 Å². The molecule has 0 fully saturated rings.